The van der Waals surface area contributed by atoms with Gasteiger partial charge in [-0.2, -0.15) is 4.31 Å². The van der Waals surface area contributed by atoms with Crippen LogP contribution in [0, 0.1) is 5.92 Å². The van der Waals surface area contributed by atoms with Crippen molar-refractivity contribution >= 4 is 27.3 Å². The second-order valence-electron chi connectivity index (χ2n) is 6.50. The number of aliphatic imine (C=N–C) groups is 1. The van der Waals surface area contributed by atoms with Gasteiger partial charge in [0.05, 0.1) is 19.8 Å². The molecule has 2 N–H and O–H groups in total. The largest absolute Gasteiger partial charge is 0.379 e. The SMILES string of the molecule is CCNC(=NCc1ccc(S(=O)(=O)N2CCOCC2)s1)NCC(CC)CC. The first-order valence-corrected chi connectivity index (χ1v) is 12.0. The fraction of sp³-hybridized carbons (Fsp3) is 0.722. The van der Waals surface area contributed by atoms with Crippen LogP contribution in [0.15, 0.2) is 21.3 Å². The highest BCUT2D eigenvalue weighted by Crippen LogP contribution is 2.26. The molecule has 1 aliphatic rings. The van der Waals surface area contributed by atoms with E-state index in [1.807, 2.05) is 13.0 Å². The van der Waals surface area contributed by atoms with E-state index in [1.165, 1.54) is 15.6 Å². The molecule has 0 amide bonds. The third kappa shape index (κ3) is 6.44. The summed E-state index contributed by atoms with van der Waals surface area (Å²) in [4.78, 5) is 5.54. The van der Waals surface area contributed by atoms with Crippen LogP contribution in [0.2, 0.25) is 0 Å². The molecule has 0 saturated carbocycles. The lowest BCUT2D eigenvalue weighted by Gasteiger charge is -2.25. The second-order valence-corrected chi connectivity index (χ2v) is 9.83. The number of thiophene rings is 1. The van der Waals surface area contributed by atoms with Crippen LogP contribution >= 0.6 is 11.3 Å². The van der Waals surface area contributed by atoms with Gasteiger partial charge in [0.25, 0.3) is 10.0 Å². The Kier molecular flexibility index (Phi) is 9.01. The lowest BCUT2D eigenvalue weighted by molar-refractivity contribution is 0.0731. The average molecular weight is 417 g/mol. The number of rotatable bonds is 9. The van der Waals surface area contributed by atoms with Crippen LogP contribution in [-0.4, -0.2) is 58.1 Å². The zero-order chi connectivity index (χ0) is 19.7. The van der Waals surface area contributed by atoms with Crippen LogP contribution in [0.25, 0.3) is 0 Å². The molecule has 0 unspecified atom stereocenters. The van der Waals surface area contributed by atoms with Gasteiger partial charge in [0, 0.05) is 31.1 Å². The van der Waals surface area contributed by atoms with Gasteiger partial charge in [0.2, 0.25) is 0 Å². The van der Waals surface area contributed by atoms with Crippen molar-refractivity contribution in [3.8, 4) is 0 Å². The molecule has 154 valence electrons. The van der Waals surface area contributed by atoms with E-state index in [0.29, 0.717) is 43.0 Å². The number of nitrogens with one attached hydrogen (secondary N) is 2. The Morgan fingerprint density at radius 2 is 1.93 bits per heavy atom. The van der Waals surface area contributed by atoms with Gasteiger partial charge in [-0.25, -0.2) is 13.4 Å². The number of hydrogen-bond donors (Lipinski definition) is 2. The topological polar surface area (TPSA) is 83.0 Å². The molecular formula is C18H32N4O3S2. The van der Waals surface area contributed by atoms with E-state index in [1.54, 1.807) is 6.07 Å². The minimum Gasteiger partial charge on any atom is -0.379 e. The Hall–Kier alpha value is -1.16. The first kappa shape index (κ1) is 22.1. The Labute approximate surface area is 167 Å². The standard InChI is InChI=1S/C18H32N4O3S2/c1-4-15(5-2)13-20-18(19-6-3)21-14-16-7-8-17(26-16)27(23,24)22-9-11-25-12-10-22/h7-8,15H,4-6,9-14H2,1-3H3,(H2,19,20,21). The van der Waals surface area contributed by atoms with Gasteiger partial charge in [0.1, 0.15) is 4.21 Å². The van der Waals surface area contributed by atoms with Gasteiger partial charge in [-0.1, -0.05) is 26.7 Å². The molecule has 2 rings (SSSR count). The number of guanidine groups is 1. The summed E-state index contributed by atoms with van der Waals surface area (Å²) in [6.45, 7) is 10.3. The minimum absolute atomic E-state index is 0.379. The van der Waals surface area contributed by atoms with Gasteiger partial charge in [-0.15, -0.1) is 11.3 Å². The summed E-state index contributed by atoms with van der Waals surface area (Å²) in [5.41, 5.74) is 0. The van der Waals surface area contributed by atoms with Gasteiger partial charge in [-0.3, -0.25) is 0 Å². The van der Waals surface area contributed by atoms with Crippen LogP contribution in [0.1, 0.15) is 38.5 Å². The maximum Gasteiger partial charge on any atom is 0.252 e. The molecule has 7 nitrogen and oxygen atoms in total. The Morgan fingerprint density at radius 1 is 1.22 bits per heavy atom. The van der Waals surface area contributed by atoms with Crippen molar-refractivity contribution in [2.75, 3.05) is 39.4 Å². The third-order valence-corrected chi connectivity index (χ3v) is 8.09. The van der Waals surface area contributed by atoms with E-state index in [4.69, 9.17) is 4.74 Å². The van der Waals surface area contributed by atoms with Crippen molar-refractivity contribution in [2.24, 2.45) is 10.9 Å². The lowest BCUT2D eigenvalue weighted by Crippen LogP contribution is -2.40. The zero-order valence-electron chi connectivity index (χ0n) is 16.5. The van der Waals surface area contributed by atoms with Crippen molar-refractivity contribution < 1.29 is 13.2 Å². The van der Waals surface area contributed by atoms with Crippen molar-refractivity contribution in [1.82, 2.24) is 14.9 Å². The molecule has 2 heterocycles. The molecule has 1 aromatic heterocycles. The molecule has 1 fully saturated rings. The number of hydrogen-bond acceptors (Lipinski definition) is 5. The minimum atomic E-state index is -3.43. The van der Waals surface area contributed by atoms with Crippen molar-refractivity contribution in [3.63, 3.8) is 0 Å². The molecule has 0 aliphatic carbocycles. The highest BCUT2D eigenvalue weighted by Gasteiger charge is 2.27. The molecule has 27 heavy (non-hydrogen) atoms. The molecule has 1 saturated heterocycles. The van der Waals surface area contributed by atoms with Crippen LogP contribution in [0.4, 0.5) is 0 Å². The number of morpholine rings is 1. The predicted octanol–water partition coefficient (Wildman–Crippen LogP) is 2.26. The Balaban J connectivity index is 2.00. The highest BCUT2D eigenvalue weighted by atomic mass is 32.2. The zero-order valence-corrected chi connectivity index (χ0v) is 18.2. The molecule has 0 aromatic carbocycles. The summed E-state index contributed by atoms with van der Waals surface area (Å²) < 4.78 is 32.5. The molecular weight excluding hydrogens is 384 g/mol. The number of ether oxygens (including phenoxy) is 1. The van der Waals surface area contributed by atoms with E-state index < -0.39 is 10.0 Å². The van der Waals surface area contributed by atoms with Crippen molar-refractivity contribution in [2.45, 2.75) is 44.4 Å². The fourth-order valence-electron chi connectivity index (χ4n) is 2.81. The Bertz CT molecular complexity index is 693. The van der Waals surface area contributed by atoms with E-state index in [9.17, 15) is 8.42 Å². The Morgan fingerprint density at radius 3 is 2.56 bits per heavy atom. The van der Waals surface area contributed by atoms with E-state index in [-0.39, 0.29) is 0 Å². The summed E-state index contributed by atoms with van der Waals surface area (Å²) in [6.07, 6.45) is 2.27. The number of sulfonamides is 1. The van der Waals surface area contributed by atoms with Crippen LogP contribution < -0.4 is 10.6 Å². The van der Waals surface area contributed by atoms with Gasteiger partial charge in [0.15, 0.2) is 5.96 Å². The van der Waals surface area contributed by atoms with Crippen LogP contribution in [-0.2, 0) is 21.3 Å². The number of nitrogens with zero attached hydrogens (tertiary/aromatic N) is 2. The van der Waals surface area contributed by atoms with E-state index >= 15 is 0 Å². The highest BCUT2D eigenvalue weighted by molar-refractivity contribution is 7.91. The summed E-state index contributed by atoms with van der Waals surface area (Å²) in [6, 6.07) is 3.54. The maximum atomic E-state index is 12.7. The summed E-state index contributed by atoms with van der Waals surface area (Å²) in [5.74, 6) is 1.40. The van der Waals surface area contributed by atoms with E-state index in [0.717, 1.165) is 36.8 Å². The summed E-state index contributed by atoms with van der Waals surface area (Å²) in [5, 5.41) is 6.63. The van der Waals surface area contributed by atoms with Crippen molar-refractivity contribution in [1.29, 1.82) is 0 Å². The third-order valence-electron chi connectivity index (χ3n) is 4.65. The normalized spacial score (nSPS) is 16.7. The van der Waals surface area contributed by atoms with Gasteiger partial charge < -0.3 is 15.4 Å². The van der Waals surface area contributed by atoms with Crippen molar-refractivity contribution in [3.05, 3.63) is 17.0 Å². The van der Waals surface area contributed by atoms with Gasteiger partial charge >= 0.3 is 0 Å². The molecule has 9 heteroatoms. The average Bonchev–Trinajstić information content (AvgIpc) is 3.17. The predicted molar refractivity (Wildman–Crippen MR) is 111 cm³/mol. The van der Waals surface area contributed by atoms with Gasteiger partial charge in [-0.05, 0) is 25.0 Å². The molecule has 0 spiro atoms. The van der Waals surface area contributed by atoms with E-state index in [2.05, 4.69) is 29.5 Å². The van der Waals surface area contributed by atoms with Crippen LogP contribution in [0.5, 0.6) is 0 Å². The molecule has 0 radical (unpaired) electrons. The van der Waals surface area contributed by atoms with Crippen LogP contribution in [0.3, 0.4) is 0 Å². The maximum absolute atomic E-state index is 12.7. The quantitative estimate of drug-likeness (QED) is 0.477. The first-order chi connectivity index (χ1) is 13.0. The molecule has 1 aliphatic heterocycles. The summed E-state index contributed by atoms with van der Waals surface area (Å²) >= 11 is 1.29. The molecule has 1 aromatic rings. The smallest absolute Gasteiger partial charge is 0.252 e. The monoisotopic (exact) mass is 416 g/mol. The first-order valence-electron chi connectivity index (χ1n) is 9.70. The lowest BCUT2D eigenvalue weighted by atomic mass is 10.0. The molecule has 0 atom stereocenters. The second kappa shape index (κ2) is 11.0. The molecule has 0 bridgehead atoms. The fourth-order valence-corrected chi connectivity index (χ4v) is 5.66. The summed E-state index contributed by atoms with van der Waals surface area (Å²) in [7, 11) is -3.43.